The lowest BCUT2D eigenvalue weighted by atomic mass is 9.87. The SMILES string of the molecule is Cc1cc(-c2ccc3c(c2)CCCC3OC(N)=O)ccn1. The minimum Gasteiger partial charge on any atom is -0.442 e. The van der Waals surface area contributed by atoms with Crippen molar-refractivity contribution in [2.45, 2.75) is 32.3 Å². The van der Waals surface area contributed by atoms with E-state index < -0.39 is 6.09 Å². The number of aromatic nitrogens is 1. The number of hydrogen-bond acceptors (Lipinski definition) is 3. The second-order valence-electron chi connectivity index (χ2n) is 5.42. The summed E-state index contributed by atoms with van der Waals surface area (Å²) in [6.07, 6.45) is 3.75. The van der Waals surface area contributed by atoms with Crippen molar-refractivity contribution >= 4 is 6.09 Å². The summed E-state index contributed by atoms with van der Waals surface area (Å²) in [6, 6.07) is 10.4. The van der Waals surface area contributed by atoms with Crippen LogP contribution >= 0.6 is 0 Å². The highest BCUT2D eigenvalue weighted by Crippen LogP contribution is 2.35. The first-order valence-corrected chi connectivity index (χ1v) is 7.15. The fraction of sp³-hybridized carbons (Fsp3) is 0.294. The van der Waals surface area contributed by atoms with Gasteiger partial charge < -0.3 is 10.5 Å². The smallest absolute Gasteiger partial charge is 0.405 e. The van der Waals surface area contributed by atoms with Gasteiger partial charge in [-0.15, -0.1) is 0 Å². The molecule has 1 amide bonds. The second-order valence-corrected chi connectivity index (χ2v) is 5.42. The lowest BCUT2D eigenvalue weighted by Gasteiger charge is -2.25. The van der Waals surface area contributed by atoms with Crippen molar-refractivity contribution in [1.29, 1.82) is 0 Å². The van der Waals surface area contributed by atoms with E-state index in [0.29, 0.717) is 0 Å². The van der Waals surface area contributed by atoms with Gasteiger partial charge in [0.25, 0.3) is 0 Å². The van der Waals surface area contributed by atoms with Crippen LogP contribution in [-0.4, -0.2) is 11.1 Å². The van der Waals surface area contributed by atoms with Crippen LogP contribution in [0.15, 0.2) is 36.5 Å². The van der Waals surface area contributed by atoms with Gasteiger partial charge in [-0.1, -0.05) is 18.2 Å². The zero-order valence-electron chi connectivity index (χ0n) is 12.0. The molecule has 1 heterocycles. The summed E-state index contributed by atoms with van der Waals surface area (Å²) in [6.45, 7) is 1.98. The van der Waals surface area contributed by atoms with E-state index in [0.717, 1.165) is 36.1 Å². The number of ether oxygens (including phenoxy) is 1. The zero-order chi connectivity index (χ0) is 14.8. The average Bonchev–Trinajstić information content (AvgIpc) is 2.46. The number of rotatable bonds is 2. The van der Waals surface area contributed by atoms with Crippen LogP contribution in [-0.2, 0) is 11.2 Å². The van der Waals surface area contributed by atoms with Gasteiger partial charge in [-0.05, 0) is 60.6 Å². The van der Waals surface area contributed by atoms with E-state index in [9.17, 15) is 4.79 Å². The average molecular weight is 282 g/mol. The predicted octanol–water partition coefficient (Wildman–Crippen LogP) is 3.53. The van der Waals surface area contributed by atoms with E-state index in [4.69, 9.17) is 10.5 Å². The molecule has 1 aliphatic carbocycles. The van der Waals surface area contributed by atoms with Crippen molar-refractivity contribution in [3.63, 3.8) is 0 Å². The summed E-state index contributed by atoms with van der Waals surface area (Å²) >= 11 is 0. The maximum atomic E-state index is 11.0. The normalized spacial score (nSPS) is 17.1. The Labute approximate surface area is 124 Å². The number of carbonyl (C=O) groups excluding carboxylic acids is 1. The molecule has 108 valence electrons. The predicted molar refractivity (Wildman–Crippen MR) is 80.8 cm³/mol. The third kappa shape index (κ3) is 2.89. The second kappa shape index (κ2) is 5.56. The van der Waals surface area contributed by atoms with E-state index in [1.54, 1.807) is 0 Å². The quantitative estimate of drug-likeness (QED) is 0.916. The summed E-state index contributed by atoms with van der Waals surface area (Å²) in [5.41, 5.74) is 10.8. The number of benzene rings is 1. The molecule has 1 aromatic heterocycles. The first kappa shape index (κ1) is 13.6. The van der Waals surface area contributed by atoms with Crippen LogP contribution in [0.5, 0.6) is 0 Å². The van der Waals surface area contributed by atoms with Gasteiger partial charge in [0, 0.05) is 11.9 Å². The van der Waals surface area contributed by atoms with Gasteiger partial charge >= 0.3 is 6.09 Å². The summed E-state index contributed by atoms with van der Waals surface area (Å²) in [7, 11) is 0. The number of carbonyl (C=O) groups is 1. The maximum Gasteiger partial charge on any atom is 0.405 e. The monoisotopic (exact) mass is 282 g/mol. The summed E-state index contributed by atoms with van der Waals surface area (Å²) in [5.74, 6) is 0. The Balaban J connectivity index is 1.96. The fourth-order valence-corrected chi connectivity index (χ4v) is 2.94. The molecule has 1 unspecified atom stereocenters. The first-order chi connectivity index (χ1) is 10.1. The summed E-state index contributed by atoms with van der Waals surface area (Å²) in [4.78, 5) is 15.2. The number of amides is 1. The number of primary amides is 1. The van der Waals surface area contributed by atoms with Crippen molar-refractivity contribution < 1.29 is 9.53 Å². The minimum atomic E-state index is -0.707. The maximum absolute atomic E-state index is 11.0. The lowest BCUT2D eigenvalue weighted by molar-refractivity contribution is 0.0959. The summed E-state index contributed by atoms with van der Waals surface area (Å²) < 4.78 is 5.21. The molecular weight excluding hydrogens is 264 g/mol. The van der Waals surface area contributed by atoms with Gasteiger partial charge in [0.2, 0.25) is 0 Å². The molecule has 0 saturated carbocycles. The number of nitrogens with two attached hydrogens (primary N) is 1. The molecule has 0 radical (unpaired) electrons. The molecule has 3 rings (SSSR count). The van der Waals surface area contributed by atoms with E-state index in [1.165, 1.54) is 11.1 Å². The Bertz CT molecular complexity index is 682. The van der Waals surface area contributed by atoms with Gasteiger partial charge in [0.15, 0.2) is 0 Å². The minimum absolute atomic E-state index is 0.209. The number of nitrogens with zero attached hydrogens (tertiary/aromatic N) is 1. The lowest BCUT2D eigenvalue weighted by Crippen LogP contribution is -2.20. The highest BCUT2D eigenvalue weighted by atomic mass is 16.6. The Morgan fingerprint density at radius 1 is 1.29 bits per heavy atom. The highest BCUT2D eigenvalue weighted by Gasteiger charge is 2.23. The standard InChI is InChI=1S/C17H18N2O2/c1-11-9-13(7-8-19-11)12-5-6-15-14(10-12)3-2-4-16(15)21-17(18)20/h5-10,16H,2-4H2,1H3,(H2,18,20). The van der Waals surface area contributed by atoms with Crippen LogP contribution in [0.4, 0.5) is 4.79 Å². The van der Waals surface area contributed by atoms with Gasteiger partial charge in [0.05, 0.1) is 0 Å². The molecule has 2 aromatic rings. The molecule has 0 fully saturated rings. The Morgan fingerprint density at radius 3 is 2.86 bits per heavy atom. The molecule has 1 aromatic carbocycles. The molecule has 4 nitrogen and oxygen atoms in total. The van der Waals surface area contributed by atoms with E-state index in [-0.39, 0.29) is 6.10 Å². The number of pyridine rings is 1. The van der Waals surface area contributed by atoms with E-state index in [1.807, 2.05) is 25.3 Å². The highest BCUT2D eigenvalue weighted by molar-refractivity contribution is 5.67. The van der Waals surface area contributed by atoms with Crippen LogP contribution in [0.1, 0.15) is 35.8 Å². The molecule has 21 heavy (non-hydrogen) atoms. The van der Waals surface area contributed by atoms with Crippen LogP contribution in [0.2, 0.25) is 0 Å². The van der Waals surface area contributed by atoms with Crippen molar-refractivity contribution in [2.24, 2.45) is 5.73 Å². The Morgan fingerprint density at radius 2 is 2.10 bits per heavy atom. The number of hydrogen-bond donors (Lipinski definition) is 1. The molecule has 1 atom stereocenters. The number of fused-ring (bicyclic) bond motifs is 1. The topological polar surface area (TPSA) is 65.2 Å². The van der Waals surface area contributed by atoms with Crippen molar-refractivity contribution in [2.75, 3.05) is 0 Å². The number of aryl methyl sites for hydroxylation is 2. The van der Waals surface area contributed by atoms with Crippen LogP contribution in [0.3, 0.4) is 0 Å². The molecule has 4 heteroatoms. The zero-order valence-corrected chi connectivity index (χ0v) is 12.0. The first-order valence-electron chi connectivity index (χ1n) is 7.15. The van der Waals surface area contributed by atoms with Gasteiger partial charge in [-0.2, -0.15) is 0 Å². The summed E-state index contributed by atoms with van der Waals surface area (Å²) in [5, 5.41) is 0. The molecule has 0 saturated heterocycles. The van der Waals surface area contributed by atoms with Gasteiger partial charge in [-0.25, -0.2) is 4.79 Å². The Hall–Kier alpha value is -2.36. The van der Waals surface area contributed by atoms with E-state index >= 15 is 0 Å². The van der Waals surface area contributed by atoms with Crippen molar-refractivity contribution in [1.82, 2.24) is 4.98 Å². The third-order valence-corrected chi connectivity index (χ3v) is 3.89. The molecule has 0 aliphatic heterocycles. The van der Waals surface area contributed by atoms with E-state index in [2.05, 4.69) is 23.2 Å². The van der Waals surface area contributed by atoms with Crippen molar-refractivity contribution in [3.8, 4) is 11.1 Å². The molecule has 0 bridgehead atoms. The van der Waals surface area contributed by atoms with Crippen LogP contribution in [0.25, 0.3) is 11.1 Å². The Kier molecular flexibility index (Phi) is 3.60. The molecule has 0 spiro atoms. The largest absolute Gasteiger partial charge is 0.442 e. The van der Waals surface area contributed by atoms with Crippen molar-refractivity contribution in [3.05, 3.63) is 53.3 Å². The van der Waals surface area contributed by atoms with Crippen LogP contribution < -0.4 is 5.73 Å². The third-order valence-electron chi connectivity index (χ3n) is 3.89. The molecule has 2 N–H and O–H groups in total. The molecule has 1 aliphatic rings. The van der Waals surface area contributed by atoms with Crippen LogP contribution in [0, 0.1) is 6.92 Å². The van der Waals surface area contributed by atoms with Gasteiger partial charge in [0.1, 0.15) is 6.10 Å². The molecular formula is C17H18N2O2. The fourth-order valence-electron chi connectivity index (χ4n) is 2.94. The van der Waals surface area contributed by atoms with Gasteiger partial charge in [-0.3, -0.25) is 4.98 Å².